The van der Waals surface area contributed by atoms with Crippen LogP contribution in [0.15, 0.2) is 42.5 Å². The fourth-order valence-corrected chi connectivity index (χ4v) is 3.68. The summed E-state index contributed by atoms with van der Waals surface area (Å²) in [7, 11) is 0. The fourth-order valence-electron chi connectivity index (χ4n) is 3.43. The van der Waals surface area contributed by atoms with Crippen molar-refractivity contribution in [2.24, 2.45) is 0 Å². The summed E-state index contributed by atoms with van der Waals surface area (Å²) in [5.41, 5.74) is 1.74. The maximum absolute atomic E-state index is 14.2. The SMILES string of the molecule is O=C(O)c1c(N2CCOCC2)c2c(Cl)c(F)ccc2n1-c1ccccc1. The highest BCUT2D eigenvalue weighted by molar-refractivity contribution is 6.37. The number of hydrogen-bond donors (Lipinski definition) is 1. The van der Waals surface area contributed by atoms with Gasteiger partial charge in [-0.1, -0.05) is 29.8 Å². The van der Waals surface area contributed by atoms with Gasteiger partial charge in [0.2, 0.25) is 0 Å². The number of carboxylic acid groups (broad SMARTS) is 1. The van der Waals surface area contributed by atoms with Gasteiger partial charge in [0.1, 0.15) is 5.82 Å². The molecule has 0 unspecified atom stereocenters. The number of fused-ring (bicyclic) bond motifs is 1. The summed E-state index contributed by atoms with van der Waals surface area (Å²) < 4.78 is 21.2. The highest BCUT2D eigenvalue weighted by Gasteiger charge is 2.30. The lowest BCUT2D eigenvalue weighted by Crippen LogP contribution is -2.37. The van der Waals surface area contributed by atoms with Gasteiger partial charge in [-0.05, 0) is 24.3 Å². The molecule has 2 aromatic carbocycles. The summed E-state index contributed by atoms with van der Waals surface area (Å²) >= 11 is 6.29. The Morgan fingerprint density at radius 1 is 1.12 bits per heavy atom. The third-order valence-corrected chi connectivity index (χ3v) is 4.91. The number of nitrogens with zero attached hydrogens (tertiary/aromatic N) is 2. The molecule has 1 aliphatic rings. The molecule has 1 fully saturated rings. The number of anilines is 1. The molecule has 1 saturated heterocycles. The Balaban J connectivity index is 2.12. The molecule has 26 heavy (non-hydrogen) atoms. The first-order valence-corrected chi connectivity index (χ1v) is 8.61. The summed E-state index contributed by atoms with van der Waals surface area (Å²) in [4.78, 5) is 14.1. The minimum Gasteiger partial charge on any atom is -0.476 e. The average molecular weight is 375 g/mol. The van der Waals surface area contributed by atoms with Crippen LogP contribution in [0.1, 0.15) is 10.5 Å². The molecule has 1 N–H and O–H groups in total. The summed E-state index contributed by atoms with van der Waals surface area (Å²) in [5.74, 6) is -1.67. The van der Waals surface area contributed by atoms with Crippen molar-refractivity contribution in [3.8, 4) is 5.69 Å². The maximum Gasteiger partial charge on any atom is 0.355 e. The van der Waals surface area contributed by atoms with E-state index in [9.17, 15) is 14.3 Å². The van der Waals surface area contributed by atoms with Crippen LogP contribution in [0.3, 0.4) is 0 Å². The molecule has 0 aliphatic carbocycles. The number of carbonyl (C=O) groups is 1. The van der Waals surface area contributed by atoms with Crippen LogP contribution in [0.4, 0.5) is 10.1 Å². The van der Waals surface area contributed by atoms with E-state index in [0.717, 1.165) is 0 Å². The number of rotatable bonds is 3. The molecule has 0 saturated carbocycles. The quantitative estimate of drug-likeness (QED) is 0.754. The maximum atomic E-state index is 14.2. The summed E-state index contributed by atoms with van der Waals surface area (Å²) in [6.45, 7) is 1.98. The predicted molar refractivity (Wildman–Crippen MR) is 98.2 cm³/mol. The first-order valence-electron chi connectivity index (χ1n) is 8.23. The first-order chi connectivity index (χ1) is 12.6. The second-order valence-electron chi connectivity index (χ2n) is 6.03. The molecule has 1 aromatic heterocycles. The van der Waals surface area contributed by atoms with Gasteiger partial charge in [-0.3, -0.25) is 0 Å². The molecular weight excluding hydrogens is 359 g/mol. The van der Waals surface area contributed by atoms with E-state index in [1.54, 1.807) is 10.6 Å². The van der Waals surface area contributed by atoms with Crippen molar-refractivity contribution in [2.75, 3.05) is 31.2 Å². The van der Waals surface area contributed by atoms with Crippen molar-refractivity contribution in [2.45, 2.75) is 0 Å². The second-order valence-corrected chi connectivity index (χ2v) is 6.41. The van der Waals surface area contributed by atoms with E-state index in [0.29, 0.717) is 48.6 Å². The Morgan fingerprint density at radius 3 is 2.46 bits per heavy atom. The van der Waals surface area contributed by atoms with Crippen LogP contribution < -0.4 is 4.90 Å². The van der Waals surface area contributed by atoms with Gasteiger partial charge in [0.05, 0.1) is 29.4 Å². The molecule has 0 spiro atoms. The Morgan fingerprint density at radius 2 is 1.81 bits per heavy atom. The lowest BCUT2D eigenvalue weighted by Gasteiger charge is -2.29. The number of hydrogen-bond acceptors (Lipinski definition) is 3. The summed E-state index contributed by atoms with van der Waals surface area (Å²) in [6, 6.07) is 12.0. The molecule has 134 valence electrons. The molecule has 0 bridgehead atoms. The van der Waals surface area contributed by atoms with Crippen LogP contribution in [0, 0.1) is 5.82 Å². The zero-order chi connectivity index (χ0) is 18.3. The molecule has 7 heteroatoms. The number of ether oxygens (including phenoxy) is 1. The van der Waals surface area contributed by atoms with E-state index >= 15 is 0 Å². The number of aromatic carboxylic acids is 1. The lowest BCUT2D eigenvalue weighted by atomic mass is 10.2. The van der Waals surface area contributed by atoms with Crippen molar-refractivity contribution in [3.63, 3.8) is 0 Å². The summed E-state index contributed by atoms with van der Waals surface area (Å²) in [6.07, 6.45) is 0. The van der Waals surface area contributed by atoms with Gasteiger partial charge in [-0.2, -0.15) is 0 Å². The molecule has 5 nitrogen and oxygen atoms in total. The van der Waals surface area contributed by atoms with Crippen LogP contribution in [-0.2, 0) is 4.74 Å². The van der Waals surface area contributed by atoms with Crippen molar-refractivity contribution < 1.29 is 19.0 Å². The van der Waals surface area contributed by atoms with E-state index in [2.05, 4.69) is 0 Å². The standard InChI is InChI=1S/C19H16ClFN2O3/c20-16-13(21)6-7-14-15(16)17(22-8-10-26-11-9-22)18(19(24)25)23(14)12-4-2-1-3-5-12/h1-7H,8-11H2,(H,24,25). The average Bonchev–Trinajstić information content (AvgIpc) is 3.02. The molecule has 3 aromatic rings. The zero-order valence-electron chi connectivity index (χ0n) is 13.8. The van der Waals surface area contributed by atoms with Gasteiger partial charge in [-0.15, -0.1) is 0 Å². The van der Waals surface area contributed by atoms with Gasteiger partial charge in [0.25, 0.3) is 0 Å². The van der Waals surface area contributed by atoms with Crippen LogP contribution >= 0.6 is 11.6 Å². The smallest absolute Gasteiger partial charge is 0.355 e. The Hall–Kier alpha value is -2.57. The van der Waals surface area contributed by atoms with E-state index in [1.165, 1.54) is 6.07 Å². The zero-order valence-corrected chi connectivity index (χ0v) is 14.5. The molecular formula is C19H16ClFN2O3. The fraction of sp³-hybridized carbons (Fsp3) is 0.211. The van der Waals surface area contributed by atoms with Gasteiger partial charge < -0.3 is 19.3 Å². The normalized spacial score (nSPS) is 14.8. The van der Waals surface area contributed by atoms with Gasteiger partial charge >= 0.3 is 5.97 Å². The van der Waals surface area contributed by atoms with Gasteiger partial charge in [0, 0.05) is 24.2 Å². The number of carboxylic acids is 1. The molecule has 4 rings (SSSR count). The van der Waals surface area contributed by atoms with Crippen molar-refractivity contribution in [1.29, 1.82) is 0 Å². The van der Waals surface area contributed by atoms with Crippen LogP contribution in [0.5, 0.6) is 0 Å². The number of aromatic nitrogens is 1. The Labute approximate surface area is 154 Å². The summed E-state index contributed by atoms with van der Waals surface area (Å²) in [5, 5.41) is 10.3. The highest BCUT2D eigenvalue weighted by Crippen LogP contribution is 2.41. The largest absolute Gasteiger partial charge is 0.476 e. The van der Waals surface area contributed by atoms with Crippen molar-refractivity contribution in [1.82, 2.24) is 4.57 Å². The van der Waals surface area contributed by atoms with E-state index in [1.807, 2.05) is 35.2 Å². The first kappa shape index (κ1) is 16.9. The number of halogens is 2. The molecule has 0 amide bonds. The number of para-hydroxylation sites is 1. The van der Waals surface area contributed by atoms with Gasteiger partial charge in [-0.25, -0.2) is 9.18 Å². The molecule has 2 heterocycles. The number of benzene rings is 2. The van der Waals surface area contributed by atoms with E-state index in [4.69, 9.17) is 16.3 Å². The number of morpholine rings is 1. The van der Waals surface area contributed by atoms with Crippen LogP contribution in [-0.4, -0.2) is 41.9 Å². The van der Waals surface area contributed by atoms with E-state index < -0.39 is 11.8 Å². The monoisotopic (exact) mass is 374 g/mol. The van der Waals surface area contributed by atoms with Crippen molar-refractivity contribution >= 4 is 34.2 Å². The topological polar surface area (TPSA) is 54.7 Å². The third-order valence-electron chi connectivity index (χ3n) is 4.54. The van der Waals surface area contributed by atoms with Crippen LogP contribution in [0.25, 0.3) is 16.6 Å². The molecule has 1 aliphatic heterocycles. The van der Waals surface area contributed by atoms with Crippen LogP contribution in [0.2, 0.25) is 5.02 Å². The minimum absolute atomic E-state index is 0.0684. The second kappa shape index (κ2) is 6.63. The highest BCUT2D eigenvalue weighted by atomic mass is 35.5. The Kier molecular flexibility index (Phi) is 4.30. The van der Waals surface area contributed by atoms with E-state index in [-0.39, 0.29) is 10.7 Å². The predicted octanol–water partition coefficient (Wildman–Crippen LogP) is 3.96. The lowest BCUT2D eigenvalue weighted by molar-refractivity contribution is 0.0688. The molecule has 0 radical (unpaired) electrons. The third kappa shape index (κ3) is 2.62. The van der Waals surface area contributed by atoms with Crippen molar-refractivity contribution in [3.05, 3.63) is 59.0 Å². The van der Waals surface area contributed by atoms with Gasteiger partial charge in [0.15, 0.2) is 5.69 Å². The minimum atomic E-state index is -1.09. The molecule has 0 atom stereocenters. The Bertz CT molecular complexity index is 982.